The zero-order valence-electron chi connectivity index (χ0n) is 12.5. The molecule has 122 valence electrons. The summed E-state index contributed by atoms with van der Waals surface area (Å²) in [5, 5.41) is 15.2. The van der Waals surface area contributed by atoms with E-state index in [9.17, 15) is 14.7 Å². The fraction of sp³-hybridized carbons (Fsp3) is 0.250. The molecule has 6 nitrogen and oxygen atoms in total. The number of benzene rings is 1. The van der Waals surface area contributed by atoms with Gasteiger partial charge in [-0.3, -0.25) is 9.59 Å². The van der Waals surface area contributed by atoms with Crippen molar-refractivity contribution < 1.29 is 19.1 Å². The Morgan fingerprint density at radius 2 is 2.09 bits per heavy atom. The second-order valence-corrected chi connectivity index (χ2v) is 5.44. The summed E-state index contributed by atoms with van der Waals surface area (Å²) in [5.41, 5.74) is 1.94. The number of hydrogen-bond acceptors (Lipinski definition) is 4. The minimum absolute atomic E-state index is 0.160. The van der Waals surface area contributed by atoms with Gasteiger partial charge in [-0.25, -0.2) is 0 Å². The minimum Gasteiger partial charge on any atom is -0.472 e. The van der Waals surface area contributed by atoms with Gasteiger partial charge in [0.25, 0.3) is 0 Å². The van der Waals surface area contributed by atoms with Crippen LogP contribution in [0.1, 0.15) is 23.7 Å². The lowest BCUT2D eigenvalue weighted by Crippen LogP contribution is -2.36. The van der Waals surface area contributed by atoms with Crippen molar-refractivity contribution in [3.63, 3.8) is 0 Å². The zero-order chi connectivity index (χ0) is 16.8. The molecule has 1 aromatic carbocycles. The van der Waals surface area contributed by atoms with E-state index in [1.165, 1.54) is 12.5 Å². The van der Waals surface area contributed by atoms with Crippen molar-refractivity contribution >= 4 is 29.1 Å². The molecule has 0 bridgehead atoms. The molecule has 1 heterocycles. The molecule has 3 N–H and O–H groups in total. The third kappa shape index (κ3) is 4.84. The first-order chi connectivity index (χ1) is 11.0. The molecule has 0 fully saturated rings. The molecule has 1 atom stereocenters. The molecule has 0 aliphatic rings. The lowest BCUT2D eigenvalue weighted by atomic mass is 10.1. The molecule has 0 aliphatic carbocycles. The smallest absolute Gasteiger partial charge is 0.313 e. The molecule has 23 heavy (non-hydrogen) atoms. The van der Waals surface area contributed by atoms with Crippen molar-refractivity contribution in [3.05, 3.63) is 52.9 Å². The number of carbonyl (C=O) groups excluding carboxylic acids is 2. The maximum atomic E-state index is 11.8. The van der Waals surface area contributed by atoms with Gasteiger partial charge in [0.2, 0.25) is 0 Å². The van der Waals surface area contributed by atoms with E-state index in [2.05, 4.69) is 10.6 Å². The first-order valence-corrected chi connectivity index (χ1v) is 7.40. The number of nitrogens with one attached hydrogen (secondary N) is 2. The summed E-state index contributed by atoms with van der Waals surface area (Å²) in [7, 11) is 0. The number of anilines is 1. The zero-order valence-corrected chi connectivity index (χ0v) is 13.3. The number of furan rings is 1. The second kappa shape index (κ2) is 7.80. The van der Waals surface area contributed by atoms with E-state index in [4.69, 9.17) is 16.0 Å². The average molecular weight is 337 g/mol. The van der Waals surface area contributed by atoms with Crippen molar-refractivity contribution in [1.82, 2.24) is 5.32 Å². The highest BCUT2D eigenvalue weighted by atomic mass is 35.5. The van der Waals surface area contributed by atoms with Crippen LogP contribution in [0.4, 0.5) is 5.69 Å². The van der Waals surface area contributed by atoms with Gasteiger partial charge in [-0.05, 0) is 37.1 Å². The van der Waals surface area contributed by atoms with Crippen molar-refractivity contribution in [2.75, 3.05) is 11.9 Å². The summed E-state index contributed by atoms with van der Waals surface area (Å²) in [6.07, 6.45) is 2.40. The van der Waals surface area contributed by atoms with Gasteiger partial charge in [0.1, 0.15) is 0 Å². The molecule has 0 aliphatic heterocycles. The van der Waals surface area contributed by atoms with Crippen LogP contribution in [-0.4, -0.2) is 23.5 Å². The summed E-state index contributed by atoms with van der Waals surface area (Å²) in [4.78, 5) is 23.5. The van der Waals surface area contributed by atoms with Gasteiger partial charge in [0, 0.05) is 22.8 Å². The van der Waals surface area contributed by atoms with Crippen LogP contribution in [0.5, 0.6) is 0 Å². The number of amides is 2. The van der Waals surface area contributed by atoms with E-state index < -0.39 is 17.9 Å². The molecule has 2 amide bonds. The monoisotopic (exact) mass is 336 g/mol. The Kier molecular flexibility index (Phi) is 5.78. The predicted octanol–water partition coefficient (Wildman–Crippen LogP) is 2.42. The van der Waals surface area contributed by atoms with E-state index in [0.717, 1.165) is 5.56 Å². The van der Waals surface area contributed by atoms with E-state index in [1.807, 2.05) is 6.92 Å². The fourth-order valence-corrected chi connectivity index (χ4v) is 2.07. The van der Waals surface area contributed by atoms with E-state index in [1.54, 1.807) is 24.3 Å². The maximum absolute atomic E-state index is 11.8. The van der Waals surface area contributed by atoms with Gasteiger partial charge in [0.05, 0.1) is 18.6 Å². The Morgan fingerprint density at radius 3 is 2.74 bits per heavy atom. The van der Waals surface area contributed by atoms with Gasteiger partial charge in [-0.15, -0.1) is 0 Å². The highest BCUT2D eigenvalue weighted by Gasteiger charge is 2.15. The molecule has 0 saturated carbocycles. The Labute approximate surface area is 138 Å². The number of rotatable bonds is 5. The van der Waals surface area contributed by atoms with Crippen LogP contribution in [0, 0.1) is 6.92 Å². The van der Waals surface area contributed by atoms with E-state index >= 15 is 0 Å². The normalized spacial score (nSPS) is 11.8. The summed E-state index contributed by atoms with van der Waals surface area (Å²) in [6.45, 7) is 2.00. The van der Waals surface area contributed by atoms with Crippen LogP contribution >= 0.6 is 11.6 Å². The maximum Gasteiger partial charge on any atom is 0.313 e. The molecule has 0 unspecified atom stereocenters. The second-order valence-electron chi connectivity index (χ2n) is 5.04. The molecular weight excluding hydrogens is 320 g/mol. The molecular formula is C16H17ClN2O4. The van der Waals surface area contributed by atoms with Crippen LogP contribution in [0.3, 0.4) is 0 Å². The van der Waals surface area contributed by atoms with Crippen molar-refractivity contribution in [1.29, 1.82) is 0 Å². The third-order valence-corrected chi connectivity index (χ3v) is 3.67. The number of hydrogen-bond donors (Lipinski definition) is 3. The SMILES string of the molecule is Cc1ccc(NC(=O)C(=O)NCC[C@@H](O)c2ccoc2)cc1Cl. The van der Waals surface area contributed by atoms with Gasteiger partial charge < -0.3 is 20.2 Å². The summed E-state index contributed by atoms with van der Waals surface area (Å²) >= 11 is 5.96. The van der Waals surface area contributed by atoms with Gasteiger partial charge in [-0.2, -0.15) is 0 Å². The number of aliphatic hydroxyl groups excluding tert-OH is 1. The summed E-state index contributed by atoms with van der Waals surface area (Å²) < 4.78 is 4.86. The van der Waals surface area contributed by atoms with Crippen LogP contribution in [0.15, 0.2) is 41.2 Å². The third-order valence-electron chi connectivity index (χ3n) is 3.27. The molecule has 2 aromatic rings. The molecule has 1 aromatic heterocycles. The number of halogens is 1. The summed E-state index contributed by atoms with van der Waals surface area (Å²) in [5.74, 6) is -1.57. The largest absolute Gasteiger partial charge is 0.472 e. The van der Waals surface area contributed by atoms with Gasteiger partial charge in [0.15, 0.2) is 0 Å². The quantitative estimate of drug-likeness (QED) is 0.731. The van der Waals surface area contributed by atoms with Gasteiger partial charge in [-0.1, -0.05) is 17.7 Å². The fourth-order valence-electron chi connectivity index (χ4n) is 1.89. The number of aryl methyl sites for hydroxylation is 1. The Bertz CT molecular complexity index is 685. The van der Waals surface area contributed by atoms with Crippen LogP contribution < -0.4 is 10.6 Å². The van der Waals surface area contributed by atoms with Crippen molar-refractivity contribution in [3.8, 4) is 0 Å². The molecule has 0 radical (unpaired) electrons. The number of carbonyl (C=O) groups is 2. The van der Waals surface area contributed by atoms with E-state index in [0.29, 0.717) is 16.3 Å². The molecule has 2 rings (SSSR count). The predicted molar refractivity (Wildman–Crippen MR) is 86.1 cm³/mol. The minimum atomic E-state index is -0.789. The molecule has 0 spiro atoms. The van der Waals surface area contributed by atoms with Crippen LogP contribution in [0.25, 0.3) is 0 Å². The standard InChI is InChI=1S/C16H17ClN2O4/c1-10-2-3-12(8-13(10)17)19-16(22)15(21)18-6-4-14(20)11-5-7-23-9-11/h2-3,5,7-9,14,20H,4,6H2,1H3,(H,18,21)(H,19,22)/t14-/m1/s1. The topological polar surface area (TPSA) is 91.6 Å². The Hall–Kier alpha value is -2.31. The molecule has 0 saturated heterocycles. The lowest BCUT2D eigenvalue weighted by molar-refractivity contribution is -0.136. The average Bonchev–Trinajstić information content (AvgIpc) is 3.05. The first-order valence-electron chi connectivity index (χ1n) is 7.03. The number of aliphatic hydroxyl groups is 1. The first kappa shape index (κ1) is 17.1. The molecule has 7 heteroatoms. The van der Waals surface area contributed by atoms with Crippen molar-refractivity contribution in [2.45, 2.75) is 19.4 Å². The highest BCUT2D eigenvalue weighted by molar-refractivity contribution is 6.39. The van der Waals surface area contributed by atoms with Crippen LogP contribution in [0.2, 0.25) is 5.02 Å². The lowest BCUT2D eigenvalue weighted by Gasteiger charge is -2.10. The van der Waals surface area contributed by atoms with Crippen molar-refractivity contribution in [2.24, 2.45) is 0 Å². The summed E-state index contributed by atoms with van der Waals surface area (Å²) in [6, 6.07) is 6.62. The van der Waals surface area contributed by atoms with E-state index in [-0.39, 0.29) is 13.0 Å². The highest BCUT2D eigenvalue weighted by Crippen LogP contribution is 2.20. The Balaban J connectivity index is 1.78. The van der Waals surface area contributed by atoms with Gasteiger partial charge >= 0.3 is 11.8 Å². The van der Waals surface area contributed by atoms with Crippen LogP contribution in [-0.2, 0) is 9.59 Å². The Morgan fingerprint density at radius 1 is 1.30 bits per heavy atom.